The topological polar surface area (TPSA) is 23.8 Å². The van der Waals surface area contributed by atoms with E-state index in [2.05, 4.69) is 6.07 Å². The predicted octanol–water partition coefficient (Wildman–Crippen LogP) is 2.69. The van der Waals surface area contributed by atoms with E-state index in [-0.39, 0.29) is 5.82 Å². The van der Waals surface area contributed by atoms with Crippen LogP contribution < -0.4 is 0 Å². The molecule has 0 saturated heterocycles. The summed E-state index contributed by atoms with van der Waals surface area (Å²) < 4.78 is 13.4. The molecule has 0 bridgehead atoms. The van der Waals surface area contributed by atoms with Crippen molar-refractivity contribution in [3.8, 4) is 6.07 Å². The van der Waals surface area contributed by atoms with E-state index in [1.54, 1.807) is 6.07 Å². The van der Waals surface area contributed by atoms with Crippen LogP contribution in [0, 0.1) is 24.1 Å². The van der Waals surface area contributed by atoms with Crippen LogP contribution in [0.5, 0.6) is 0 Å². The fraction of sp³-hybridized carbons (Fsp3) is 0.364. The van der Waals surface area contributed by atoms with Crippen LogP contribution in [0.2, 0.25) is 0 Å². The van der Waals surface area contributed by atoms with Gasteiger partial charge in [0.1, 0.15) is 5.82 Å². The monoisotopic (exact) mass is 175 g/mol. The summed E-state index contributed by atoms with van der Waals surface area (Å²) >= 11 is 0. The second-order valence-corrected chi connectivity index (χ2v) is 3.63. The lowest BCUT2D eigenvalue weighted by Gasteiger charge is -2.10. The van der Waals surface area contributed by atoms with Crippen LogP contribution >= 0.6 is 0 Å². The lowest BCUT2D eigenvalue weighted by atomic mass is 9.93. The molecule has 1 saturated carbocycles. The SMILES string of the molecule is Cc1cccc(F)c1C1(C#N)CC1. The maximum absolute atomic E-state index is 13.4. The van der Waals surface area contributed by atoms with Gasteiger partial charge in [0, 0.05) is 5.56 Å². The van der Waals surface area contributed by atoms with Crippen LogP contribution in [0.25, 0.3) is 0 Å². The number of rotatable bonds is 1. The zero-order valence-corrected chi connectivity index (χ0v) is 7.47. The molecule has 0 unspecified atom stereocenters. The van der Waals surface area contributed by atoms with Crippen LogP contribution in [0.4, 0.5) is 4.39 Å². The maximum atomic E-state index is 13.4. The number of aryl methyl sites for hydroxylation is 1. The van der Waals surface area contributed by atoms with E-state index in [9.17, 15) is 4.39 Å². The number of nitriles is 1. The van der Waals surface area contributed by atoms with Gasteiger partial charge in [-0.3, -0.25) is 0 Å². The van der Waals surface area contributed by atoms with Crippen LogP contribution in [0.1, 0.15) is 24.0 Å². The first-order chi connectivity index (χ1) is 6.19. The minimum Gasteiger partial charge on any atom is -0.207 e. The van der Waals surface area contributed by atoms with Gasteiger partial charge in [0.2, 0.25) is 0 Å². The molecule has 0 spiro atoms. The summed E-state index contributed by atoms with van der Waals surface area (Å²) in [5.74, 6) is -0.237. The van der Waals surface area contributed by atoms with Gasteiger partial charge in [0.25, 0.3) is 0 Å². The number of halogens is 1. The molecule has 0 aliphatic heterocycles. The molecule has 0 atom stereocenters. The predicted molar refractivity (Wildman–Crippen MR) is 47.7 cm³/mol. The van der Waals surface area contributed by atoms with Crippen molar-refractivity contribution in [3.63, 3.8) is 0 Å². The van der Waals surface area contributed by atoms with Gasteiger partial charge in [-0.2, -0.15) is 5.26 Å². The van der Waals surface area contributed by atoms with E-state index >= 15 is 0 Å². The Morgan fingerprint density at radius 1 is 1.46 bits per heavy atom. The van der Waals surface area contributed by atoms with Crippen molar-refractivity contribution in [1.29, 1.82) is 5.26 Å². The zero-order chi connectivity index (χ0) is 9.47. The minimum absolute atomic E-state index is 0.237. The van der Waals surface area contributed by atoms with E-state index in [4.69, 9.17) is 5.26 Å². The van der Waals surface area contributed by atoms with Gasteiger partial charge in [-0.1, -0.05) is 12.1 Å². The van der Waals surface area contributed by atoms with Gasteiger partial charge in [-0.15, -0.1) is 0 Å². The Hall–Kier alpha value is -1.36. The molecule has 2 heteroatoms. The summed E-state index contributed by atoms with van der Waals surface area (Å²) in [5, 5.41) is 8.94. The highest BCUT2D eigenvalue weighted by Gasteiger charge is 2.47. The summed E-state index contributed by atoms with van der Waals surface area (Å²) in [5.41, 5.74) is 0.992. The third-order valence-electron chi connectivity index (χ3n) is 2.66. The first-order valence-electron chi connectivity index (χ1n) is 4.36. The van der Waals surface area contributed by atoms with Crippen LogP contribution in [-0.2, 0) is 5.41 Å². The lowest BCUT2D eigenvalue weighted by Crippen LogP contribution is -2.08. The van der Waals surface area contributed by atoms with E-state index in [1.807, 2.05) is 13.0 Å². The molecular formula is C11H10FN. The average molecular weight is 175 g/mol. The standard InChI is InChI=1S/C11H10FN/c1-8-3-2-4-9(12)10(8)11(7-13)5-6-11/h2-4H,5-6H2,1H3. The fourth-order valence-electron chi connectivity index (χ4n) is 1.78. The highest BCUT2D eigenvalue weighted by Crippen LogP contribution is 2.49. The number of hydrogen-bond donors (Lipinski definition) is 0. The second kappa shape index (κ2) is 2.56. The molecule has 0 radical (unpaired) electrons. The second-order valence-electron chi connectivity index (χ2n) is 3.63. The van der Waals surface area contributed by atoms with Crippen molar-refractivity contribution in [3.05, 3.63) is 35.1 Å². The average Bonchev–Trinajstić information content (AvgIpc) is 2.85. The summed E-state index contributed by atoms with van der Waals surface area (Å²) in [6.45, 7) is 1.86. The van der Waals surface area contributed by atoms with Crippen molar-refractivity contribution in [1.82, 2.24) is 0 Å². The Labute approximate surface area is 76.8 Å². The molecule has 0 amide bonds. The van der Waals surface area contributed by atoms with E-state index in [1.165, 1.54) is 6.07 Å². The summed E-state index contributed by atoms with van der Waals surface area (Å²) in [4.78, 5) is 0. The Morgan fingerprint density at radius 3 is 2.62 bits per heavy atom. The Balaban J connectivity index is 2.58. The van der Waals surface area contributed by atoms with Gasteiger partial charge >= 0.3 is 0 Å². The van der Waals surface area contributed by atoms with Crippen molar-refractivity contribution < 1.29 is 4.39 Å². The Morgan fingerprint density at radius 2 is 2.15 bits per heavy atom. The normalized spacial score (nSPS) is 17.9. The van der Waals surface area contributed by atoms with Crippen LogP contribution in [0.3, 0.4) is 0 Å². The van der Waals surface area contributed by atoms with E-state index < -0.39 is 5.41 Å². The first kappa shape index (κ1) is 8.25. The molecule has 0 N–H and O–H groups in total. The minimum atomic E-state index is -0.505. The highest BCUT2D eigenvalue weighted by atomic mass is 19.1. The first-order valence-corrected chi connectivity index (χ1v) is 4.36. The van der Waals surface area contributed by atoms with Gasteiger partial charge in [0.05, 0.1) is 11.5 Å². The fourth-order valence-corrected chi connectivity index (χ4v) is 1.78. The summed E-state index contributed by atoms with van der Waals surface area (Å²) in [6, 6.07) is 7.18. The lowest BCUT2D eigenvalue weighted by molar-refractivity contribution is 0.597. The molecular weight excluding hydrogens is 165 g/mol. The van der Waals surface area contributed by atoms with Gasteiger partial charge < -0.3 is 0 Å². The smallest absolute Gasteiger partial charge is 0.128 e. The molecule has 2 rings (SSSR count). The van der Waals surface area contributed by atoms with Crippen molar-refractivity contribution in [2.45, 2.75) is 25.2 Å². The maximum Gasteiger partial charge on any atom is 0.128 e. The molecule has 1 nitrogen and oxygen atoms in total. The quantitative estimate of drug-likeness (QED) is 0.643. The molecule has 66 valence electrons. The van der Waals surface area contributed by atoms with Crippen LogP contribution in [0.15, 0.2) is 18.2 Å². The summed E-state index contributed by atoms with van der Waals surface area (Å²) in [7, 11) is 0. The van der Waals surface area contributed by atoms with Gasteiger partial charge in [-0.05, 0) is 31.4 Å². The highest BCUT2D eigenvalue weighted by molar-refractivity contribution is 5.44. The van der Waals surface area contributed by atoms with Crippen molar-refractivity contribution >= 4 is 0 Å². The molecule has 13 heavy (non-hydrogen) atoms. The summed E-state index contributed by atoms with van der Waals surface area (Å²) in [6.07, 6.45) is 1.59. The molecule has 1 aliphatic rings. The molecule has 0 heterocycles. The Kier molecular flexibility index (Phi) is 1.63. The van der Waals surface area contributed by atoms with E-state index in [0.717, 1.165) is 18.4 Å². The number of hydrogen-bond acceptors (Lipinski definition) is 1. The number of nitrogens with zero attached hydrogens (tertiary/aromatic N) is 1. The van der Waals surface area contributed by atoms with Gasteiger partial charge in [-0.25, -0.2) is 4.39 Å². The van der Waals surface area contributed by atoms with Crippen LogP contribution in [-0.4, -0.2) is 0 Å². The molecule has 1 aromatic carbocycles. The zero-order valence-electron chi connectivity index (χ0n) is 7.47. The molecule has 1 aliphatic carbocycles. The van der Waals surface area contributed by atoms with Crippen molar-refractivity contribution in [2.75, 3.05) is 0 Å². The molecule has 1 fully saturated rings. The Bertz CT molecular complexity index is 365. The molecule has 0 aromatic heterocycles. The van der Waals surface area contributed by atoms with E-state index in [0.29, 0.717) is 5.56 Å². The number of benzene rings is 1. The third-order valence-corrected chi connectivity index (χ3v) is 2.66. The third kappa shape index (κ3) is 1.12. The van der Waals surface area contributed by atoms with Gasteiger partial charge in [0.15, 0.2) is 0 Å². The van der Waals surface area contributed by atoms with Crippen molar-refractivity contribution in [2.24, 2.45) is 0 Å². The largest absolute Gasteiger partial charge is 0.207 e. The molecule has 1 aromatic rings.